The highest BCUT2D eigenvalue weighted by Crippen LogP contribution is 2.16. The van der Waals surface area contributed by atoms with Gasteiger partial charge in [0, 0.05) is 11.1 Å². The number of hydrogen-bond donors (Lipinski definition) is 4. The second kappa shape index (κ2) is 7.17. The molecule has 30 heavy (non-hydrogen) atoms. The third kappa shape index (κ3) is 3.37. The fraction of sp³-hybridized carbons (Fsp3) is 0. The average Bonchev–Trinajstić information content (AvgIpc) is 3.36. The lowest BCUT2D eigenvalue weighted by Gasteiger charge is -2.05. The van der Waals surface area contributed by atoms with Crippen molar-refractivity contribution in [2.24, 2.45) is 0 Å². The van der Waals surface area contributed by atoms with Gasteiger partial charge in [-0.2, -0.15) is 0 Å². The zero-order valence-electron chi connectivity index (χ0n) is 15.6. The lowest BCUT2D eigenvalue weighted by molar-refractivity contribution is 0.102. The van der Waals surface area contributed by atoms with Crippen LogP contribution in [0, 0.1) is 0 Å². The summed E-state index contributed by atoms with van der Waals surface area (Å²) in [4.78, 5) is 40.0. The summed E-state index contributed by atoms with van der Waals surface area (Å²) >= 11 is 0. The van der Waals surface area contributed by atoms with E-state index in [4.69, 9.17) is 0 Å². The van der Waals surface area contributed by atoms with Gasteiger partial charge in [0.15, 0.2) is 0 Å². The van der Waals surface area contributed by atoms with Gasteiger partial charge >= 0.3 is 0 Å². The van der Waals surface area contributed by atoms with Crippen LogP contribution in [0.15, 0.2) is 72.8 Å². The molecule has 3 aromatic carbocycles. The number of carbonyl (C=O) groups is 2. The summed E-state index contributed by atoms with van der Waals surface area (Å²) in [5, 5.41) is 5.45. The lowest BCUT2D eigenvalue weighted by Crippen LogP contribution is -2.16. The van der Waals surface area contributed by atoms with Crippen molar-refractivity contribution < 1.29 is 9.59 Å². The number of H-pyrrole nitrogens is 2. The second-order valence-electron chi connectivity index (χ2n) is 6.69. The molecular formula is C22H16N6O2. The number of aromatic nitrogens is 4. The summed E-state index contributed by atoms with van der Waals surface area (Å²) < 4.78 is 0. The van der Waals surface area contributed by atoms with Crippen LogP contribution in [0.5, 0.6) is 0 Å². The van der Waals surface area contributed by atoms with E-state index in [0.29, 0.717) is 23.0 Å². The molecule has 0 spiro atoms. The number of benzene rings is 3. The Hall–Kier alpha value is -4.46. The van der Waals surface area contributed by atoms with E-state index < -0.39 is 0 Å². The molecule has 0 aliphatic heterocycles. The quantitative estimate of drug-likeness (QED) is 0.368. The number of nitrogens with zero attached hydrogens (tertiary/aromatic N) is 2. The second-order valence-corrected chi connectivity index (χ2v) is 6.69. The minimum Gasteiger partial charge on any atom is -0.324 e. The summed E-state index contributed by atoms with van der Waals surface area (Å²) in [5.74, 6) is -0.0449. The highest BCUT2D eigenvalue weighted by Gasteiger charge is 2.14. The molecule has 8 heteroatoms. The summed E-state index contributed by atoms with van der Waals surface area (Å²) in [6, 6.07) is 21.4. The molecule has 2 aromatic heterocycles. The van der Waals surface area contributed by atoms with Crippen molar-refractivity contribution >= 4 is 45.8 Å². The van der Waals surface area contributed by atoms with Crippen molar-refractivity contribution in [2.45, 2.75) is 0 Å². The normalized spacial score (nSPS) is 10.9. The minimum atomic E-state index is -0.368. The Kier molecular flexibility index (Phi) is 4.21. The predicted molar refractivity (Wildman–Crippen MR) is 115 cm³/mol. The molecular weight excluding hydrogens is 380 g/mol. The first-order valence-corrected chi connectivity index (χ1v) is 9.28. The van der Waals surface area contributed by atoms with Crippen LogP contribution in [0.2, 0.25) is 0 Å². The summed E-state index contributed by atoms with van der Waals surface area (Å²) in [5.41, 5.74) is 3.84. The monoisotopic (exact) mass is 396 g/mol. The van der Waals surface area contributed by atoms with Crippen molar-refractivity contribution in [2.75, 3.05) is 10.6 Å². The molecule has 0 bridgehead atoms. The molecule has 0 radical (unpaired) electrons. The van der Waals surface area contributed by atoms with E-state index in [2.05, 4.69) is 30.6 Å². The summed E-state index contributed by atoms with van der Waals surface area (Å²) in [7, 11) is 0. The first-order valence-electron chi connectivity index (χ1n) is 9.28. The van der Waals surface area contributed by atoms with Gasteiger partial charge in [0.05, 0.1) is 22.1 Å². The molecule has 2 heterocycles. The Morgan fingerprint density at radius 1 is 0.633 bits per heavy atom. The maximum absolute atomic E-state index is 12.6. The van der Waals surface area contributed by atoms with Gasteiger partial charge in [-0.3, -0.25) is 20.2 Å². The molecule has 5 aromatic rings. The predicted octanol–water partition coefficient (Wildman–Crippen LogP) is 3.94. The van der Waals surface area contributed by atoms with E-state index in [9.17, 15) is 9.59 Å². The molecule has 0 atom stereocenters. The Balaban J connectivity index is 1.33. The Morgan fingerprint density at radius 2 is 1.10 bits per heavy atom. The SMILES string of the molecule is O=C(Nc1nc2ccccc2[nH]1)c1cccc(C(=O)Nc2nc3ccccc3[nH]2)c1. The maximum Gasteiger partial charge on any atom is 0.257 e. The first kappa shape index (κ1) is 17.6. The van der Waals surface area contributed by atoms with Crippen LogP contribution in [0.4, 0.5) is 11.9 Å². The smallest absolute Gasteiger partial charge is 0.257 e. The molecule has 5 rings (SSSR count). The highest BCUT2D eigenvalue weighted by atomic mass is 16.2. The minimum absolute atomic E-state index is 0.340. The van der Waals surface area contributed by atoms with Crippen molar-refractivity contribution in [1.82, 2.24) is 19.9 Å². The topological polar surface area (TPSA) is 116 Å². The van der Waals surface area contributed by atoms with Crippen LogP contribution >= 0.6 is 0 Å². The first-order chi connectivity index (χ1) is 14.7. The highest BCUT2D eigenvalue weighted by molar-refractivity contribution is 6.08. The summed E-state index contributed by atoms with van der Waals surface area (Å²) in [6.45, 7) is 0. The van der Waals surface area contributed by atoms with Crippen molar-refractivity contribution in [3.63, 3.8) is 0 Å². The Morgan fingerprint density at radius 3 is 1.57 bits per heavy atom. The number of carbonyl (C=O) groups excluding carboxylic acids is 2. The molecule has 0 aliphatic carbocycles. The number of aromatic amines is 2. The van der Waals surface area contributed by atoms with Crippen LogP contribution in [-0.2, 0) is 0 Å². The van der Waals surface area contributed by atoms with Crippen molar-refractivity contribution in [3.8, 4) is 0 Å². The number of imidazole rings is 2. The van der Waals surface area contributed by atoms with E-state index >= 15 is 0 Å². The van der Waals surface area contributed by atoms with Crippen LogP contribution in [-0.4, -0.2) is 31.8 Å². The van der Waals surface area contributed by atoms with Gasteiger partial charge in [0.2, 0.25) is 11.9 Å². The Labute approximate surface area is 170 Å². The molecule has 0 saturated heterocycles. The zero-order valence-corrected chi connectivity index (χ0v) is 15.6. The van der Waals surface area contributed by atoms with Crippen molar-refractivity contribution in [3.05, 3.63) is 83.9 Å². The van der Waals surface area contributed by atoms with Crippen LogP contribution < -0.4 is 10.6 Å². The molecule has 0 saturated carbocycles. The van der Waals surface area contributed by atoms with E-state index in [1.807, 2.05) is 48.5 Å². The van der Waals surface area contributed by atoms with Gasteiger partial charge in [-0.25, -0.2) is 9.97 Å². The van der Waals surface area contributed by atoms with Gasteiger partial charge in [-0.1, -0.05) is 30.3 Å². The largest absolute Gasteiger partial charge is 0.324 e. The third-order valence-electron chi connectivity index (χ3n) is 4.63. The van der Waals surface area contributed by atoms with E-state index in [-0.39, 0.29) is 11.8 Å². The number of hydrogen-bond acceptors (Lipinski definition) is 4. The van der Waals surface area contributed by atoms with Gasteiger partial charge in [0.1, 0.15) is 0 Å². The zero-order chi connectivity index (χ0) is 20.5. The molecule has 2 amide bonds. The summed E-state index contributed by atoms with van der Waals surface area (Å²) in [6.07, 6.45) is 0. The molecule has 8 nitrogen and oxygen atoms in total. The standard InChI is InChI=1S/C22H16N6O2/c29-19(27-21-23-15-8-1-2-9-16(15)24-21)13-6-5-7-14(12-13)20(30)28-22-25-17-10-3-4-11-18(17)26-22/h1-12H,(H2,23,24,27,29)(H2,25,26,28,30). The fourth-order valence-electron chi connectivity index (χ4n) is 3.19. The van der Waals surface area contributed by atoms with E-state index in [1.54, 1.807) is 18.2 Å². The number of anilines is 2. The van der Waals surface area contributed by atoms with Crippen molar-refractivity contribution in [1.29, 1.82) is 0 Å². The van der Waals surface area contributed by atoms with Crippen LogP contribution in [0.1, 0.15) is 20.7 Å². The maximum atomic E-state index is 12.6. The van der Waals surface area contributed by atoms with E-state index in [1.165, 1.54) is 6.07 Å². The molecule has 0 unspecified atom stereocenters. The van der Waals surface area contributed by atoms with Crippen LogP contribution in [0.3, 0.4) is 0 Å². The Bertz CT molecular complexity index is 1230. The number of nitrogens with one attached hydrogen (secondary N) is 4. The van der Waals surface area contributed by atoms with Gasteiger partial charge < -0.3 is 9.97 Å². The molecule has 146 valence electrons. The van der Waals surface area contributed by atoms with Gasteiger partial charge in [-0.05, 0) is 42.5 Å². The molecule has 4 N–H and O–H groups in total. The third-order valence-corrected chi connectivity index (χ3v) is 4.63. The van der Waals surface area contributed by atoms with Gasteiger partial charge in [-0.15, -0.1) is 0 Å². The number of para-hydroxylation sites is 4. The molecule has 0 aliphatic rings. The number of rotatable bonds is 4. The lowest BCUT2D eigenvalue weighted by atomic mass is 10.1. The van der Waals surface area contributed by atoms with Crippen LogP contribution in [0.25, 0.3) is 22.1 Å². The number of fused-ring (bicyclic) bond motifs is 2. The van der Waals surface area contributed by atoms with Gasteiger partial charge in [0.25, 0.3) is 11.8 Å². The molecule has 0 fully saturated rings. The average molecular weight is 396 g/mol. The number of amides is 2. The fourth-order valence-corrected chi connectivity index (χ4v) is 3.19. The van der Waals surface area contributed by atoms with E-state index in [0.717, 1.165) is 22.1 Å².